The first-order valence-electron chi connectivity index (χ1n) is 8.27. The molecule has 2 aliphatic rings. The summed E-state index contributed by atoms with van der Waals surface area (Å²) in [4.78, 5) is 2.74. The van der Waals surface area contributed by atoms with Gasteiger partial charge in [-0.15, -0.1) is 0 Å². The van der Waals surface area contributed by atoms with Crippen LogP contribution in [0, 0.1) is 13.8 Å². The Morgan fingerprint density at radius 1 is 1.15 bits per heavy atom. The minimum absolute atomic E-state index is 0.737. The summed E-state index contributed by atoms with van der Waals surface area (Å²) in [5, 5.41) is 3.72. The number of nitrogens with zero attached hydrogens (tertiary/aromatic N) is 1. The van der Waals surface area contributed by atoms with Crippen LogP contribution in [-0.4, -0.2) is 30.1 Å². The molecule has 1 N–H and O–H groups in total. The van der Waals surface area contributed by atoms with Crippen molar-refractivity contribution in [3.05, 3.63) is 34.9 Å². The number of hydrogen-bond donors (Lipinski definition) is 1. The molecule has 3 rings (SSSR count). The van der Waals surface area contributed by atoms with Gasteiger partial charge in [0.1, 0.15) is 0 Å². The van der Waals surface area contributed by atoms with Crippen LogP contribution in [-0.2, 0) is 6.54 Å². The fourth-order valence-corrected chi connectivity index (χ4v) is 3.95. The summed E-state index contributed by atoms with van der Waals surface area (Å²) in [6.07, 6.45) is 6.88. The fraction of sp³-hybridized carbons (Fsp3) is 0.667. The maximum absolute atomic E-state index is 3.72. The molecule has 0 spiro atoms. The largest absolute Gasteiger partial charge is 0.312 e. The zero-order valence-electron chi connectivity index (χ0n) is 13.0. The van der Waals surface area contributed by atoms with Gasteiger partial charge in [-0.1, -0.05) is 30.2 Å². The molecule has 2 heteroatoms. The fourth-order valence-electron chi connectivity index (χ4n) is 3.95. The molecule has 0 aromatic heterocycles. The van der Waals surface area contributed by atoms with Crippen LogP contribution in [0.3, 0.4) is 0 Å². The molecule has 0 saturated carbocycles. The smallest absolute Gasteiger partial charge is 0.0252 e. The summed E-state index contributed by atoms with van der Waals surface area (Å²) in [7, 11) is 0. The zero-order valence-corrected chi connectivity index (χ0v) is 13.0. The minimum atomic E-state index is 0.737. The highest BCUT2D eigenvalue weighted by Gasteiger charge is 2.31. The third-order valence-electron chi connectivity index (χ3n) is 5.10. The van der Waals surface area contributed by atoms with Crippen molar-refractivity contribution in [3.8, 4) is 0 Å². The summed E-state index contributed by atoms with van der Waals surface area (Å²) in [6.45, 7) is 8.07. The van der Waals surface area contributed by atoms with Crippen molar-refractivity contribution in [2.45, 2.75) is 64.6 Å². The molecule has 2 nitrogen and oxygen atoms in total. The predicted molar refractivity (Wildman–Crippen MR) is 85.0 cm³/mol. The molecule has 2 aliphatic heterocycles. The van der Waals surface area contributed by atoms with Crippen molar-refractivity contribution < 1.29 is 0 Å². The van der Waals surface area contributed by atoms with Crippen molar-refractivity contribution in [1.82, 2.24) is 10.2 Å². The number of hydrogen-bond acceptors (Lipinski definition) is 2. The number of rotatable bonds is 3. The number of benzene rings is 1. The molecular weight excluding hydrogens is 244 g/mol. The van der Waals surface area contributed by atoms with Crippen LogP contribution < -0.4 is 5.32 Å². The number of likely N-dealkylation sites (tertiary alicyclic amines) is 1. The van der Waals surface area contributed by atoms with E-state index in [1.165, 1.54) is 61.9 Å². The van der Waals surface area contributed by atoms with Gasteiger partial charge in [0.2, 0.25) is 0 Å². The van der Waals surface area contributed by atoms with E-state index in [0.717, 1.165) is 18.6 Å². The summed E-state index contributed by atoms with van der Waals surface area (Å²) in [5.41, 5.74) is 4.34. The Kier molecular flexibility index (Phi) is 4.42. The van der Waals surface area contributed by atoms with Gasteiger partial charge in [-0.3, -0.25) is 4.90 Å². The molecule has 2 unspecified atom stereocenters. The maximum atomic E-state index is 3.72. The Morgan fingerprint density at radius 3 is 2.80 bits per heavy atom. The molecule has 2 heterocycles. The van der Waals surface area contributed by atoms with E-state index in [1.807, 2.05) is 0 Å². The summed E-state index contributed by atoms with van der Waals surface area (Å²) < 4.78 is 0. The van der Waals surface area contributed by atoms with Gasteiger partial charge in [0, 0.05) is 18.6 Å². The lowest BCUT2D eigenvalue weighted by Crippen LogP contribution is -2.49. The second-order valence-electron chi connectivity index (χ2n) is 6.67. The SMILES string of the molecule is Cc1ccc(CN2CCCCC2C2CCCN2)c(C)c1. The lowest BCUT2D eigenvalue weighted by molar-refractivity contribution is 0.112. The number of nitrogens with one attached hydrogen (secondary N) is 1. The standard InChI is InChI=1S/C18H28N2/c1-14-8-9-16(15(2)12-14)13-20-11-4-3-7-18(20)17-6-5-10-19-17/h8-9,12,17-19H,3-7,10-11,13H2,1-2H3. The molecule has 1 aromatic rings. The van der Waals surface area contributed by atoms with Crippen LogP contribution in [0.4, 0.5) is 0 Å². The average Bonchev–Trinajstić information content (AvgIpc) is 2.96. The Balaban J connectivity index is 1.72. The lowest BCUT2D eigenvalue weighted by Gasteiger charge is -2.39. The van der Waals surface area contributed by atoms with Gasteiger partial charge < -0.3 is 5.32 Å². The van der Waals surface area contributed by atoms with E-state index >= 15 is 0 Å². The minimum Gasteiger partial charge on any atom is -0.312 e. The van der Waals surface area contributed by atoms with E-state index in [0.29, 0.717) is 0 Å². The highest BCUT2D eigenvalue weighted by Crippen LogP contribution is 2.26. The molecule has 1 aromatic carbocycles. The van der Waals surface area contributed by atoms with Crippen LogP contribution >= 0.6 is 0 Å². The van der Waals surface area contributed by atoms with Gasteiger partial charge >= 0.3 is 0 Å². The molecule has 0 radical (unpaired) electrons. The molecule has 110 valence electrons. The van der Waals surface area contributed by atoms with Crippen LogP contribution in [0.15, 0.2) is 18.2 Å². The molecule has 2 atom stereocenters. The topological polar surface area (TPSA) is 15.3 Å². The normalized spacial score (nSPS) is 27.9. The quantitative estimate of drug-likeness (QED) is 0.907. The summed E-state index contributed by atoms with van der Waals surface area (Å²) in [5.74, 6) is 0. The predicted octanol–water partition coefficient (Wildman–Crippen LogP) is 3.41. The van der Waals surface area contributed by atoms with Gasteiger partial charge in [0.05, 0.1) is 0 Å². The first kappa shape index (κ1) is 14.1. The maximum Gasteiger partial charge on any atom is 0.0252 e. The molecule has 0 bridgehead atoms. The lowest BCUT2D eigenvalue weighted by atomic mass is 9.93. The van der Waals surface area contributed by atoms with Crippen LogP contribution in [0.1, 0.15) is 48.8 Å². The monoisotopic (exact) mass is 272 g/mol. The van der Waals surface area contributed by atoms with Gasteiger partial charge in [-0.25, -0.2) is 0 Å². The van der Waals surface area contributed by atoms with Crippen LogP contribution in [0.25, 0.3) is 0 Å². The third kappa shape index (κ3) is 3.07. The third-order valence-corrected chi connectivity index (χ3v) is 5.10. The van der Waals surface area contributed by atoms with E-state index in [4.69, 9.17) is 0 Å². The average molecular weight is 272 g/mol. The number of piperidine rings is 1. The van der Waals surface area contributed by atoms with Crippen molar-refractivity contribution in [2.24, 2.45) is 0 Å². The van der Waals surface area contributed by atoms with Gasteiger partial charge in [-0.05, 0) is 63.7 Å². The Labute approximate surface area is 123 Å². The van der Waals surface area contributed by atoms with Crippen molar-refractivity contribution in [1.29, 1.82) is 0 Å². The van der Waals surface area contributed by atoms with Crippen molar-refractivity contribution in [3.63, 3.8) is 0 Å². The number of aryl methyl sites for hydroxylation is 2. The zero-order chi connectivity index (χ0) is 13.9. The van der Waals surface area contributed by atoms with E-state index in [1.54, 1.807) is 0 Å². The Bertz CT molecular complexity index is 449. The van der Waals surface area contributed by atoms with Gasteiger partial charge in [0.25, 0.3) is 0 Å². The van der Waals surface area contributed by atoms with E-state index in [2.05, 4.69) is 42.3 Å². The first-order chi connectivity index (χ1) is 9.74. The molecule has 20 heavy (non-hydrogen) atoms. The molecular formula is C18H28N2. The van der Waals surface area contributed by atoms with Gasteiger partial charge in [0.15, 0.2) is 0 Å². The summed E-state index contributed by atoms with van der Waals surface area (Å²) in [6, 6.07) is 8.41. The highest BCUT2D eigenvalue weighted by atomic mass is 15.2. The first-order valence-corrected chi connectivity index (χ1v) is 8.27. The van der Waals surface area contributed by atoms with Crippen molar-refractivity contribution in [2.75, 3.05) is 13.1 Å². The highest BCUT2D eigenvalue weighted by molar-refractivity contribution is 5.30. The Morgan fingerprint density at radius 2 is 2.05 bits per heavy atom. The van der Waals surface area contributed by atoms with Gasteiger partial charge in [-0.2, -0.15) is 0 Å². The summed E-state index contributed by atoms with van der Waals surface area (Å²) >= 11 is 0. The van der Waals surface area contributed by atoms with E-state index < -0.39 is 0 Å². The second-order valence-corrected chi connectivity index (χ2v) is 6.67. The van der Waals surface area contributed by atoms with Crippen LogP contribution in [0.5, 0.6) is 0 Å². The molecule has 2 fully saturated rings. The van der Waals surface area contributed by atoms with Crippen LogP contribution in [0.2, 0.25) is 0 Å². The molecule has 0 aliphatic carbocycles. The molecule has 0 amide bonds. The second kappa shape index (κ2) is 6.28. The van der Waals surface area contributed by atoms with E-state index in [-0.39, 0.29) is 0 Å². The van der Waals surface area contributed by atoms with Crippen molar-refractivity contribution >= 4 is 0 Å². The Hall–Kier alpha value is -0.860. The van der Waals surface area contributed by atoms with E-state index in [9.17, 15) is 0 Å². The molecule has 2 saturated heterocycles.